The lowest BCUT2D eigenvalue weighted by Crippen LogP contribution is -2.37. The van der Waals surface area contributed by atoms with Crippen LogP contribution in [0.1, 0.15) is 19.3 Å². The summed E-state index contributed by atoms with van der Waals surface area (Å²) in [5, 5.41) is 25.5. The summed E-state index contributed by atoms with van der Waals surface area (Å²) in [5.74, 6) is -3.69. The van der Waals surface area contributed by atoms with Crippen molar-refractivity contribution < 1.29 is 39.2 Å². The first kappa shape index (κ1) is 18.0. The molecule has 0 heterocycles. The minimum Gasteiger partial charge on any atom is -0.481 e. The van der Waals surface area contributed by atoms with E-state index in [9.17, 15) is 19.2 Å². The zero-order valence-electron chi connectivity index (χ0n) is 10.2. The fraction of sp³-hybridized carbons (Fsp3) is 0.556. The fourth-order valence-corrected chi connectivity index (χ4v) is 1.44. The molecule has 1 unspecified atom stereocenters. The van der Waals surface area contributed by atoms with E-state index in [1.54, 1.807) is 0 Å². The zero-order chi connectivity index (χ0) is 15.5. The van der Waals surface area contributed by atoms with Gasteiger partial charge in [0.1, 0.15) is 6.04 Å². The van der Waals surface area contributed by atoms with E-state index in [-0.39, 0.29) is 19.4 Å². The zero-order valence-corrected chi connectivity index (χ0v) is 11.0. The van der Waals surface area contributed by atoms with Crippen LogP contribution in [-0.4, -0.2) is 52.0 Å². The Labute approximate surface area is 117 Å². The second kappa shape index (κ2) is 9.86. The second-order valence-corrected chi connectivity index (χ2v) is 4.09. The van der Waals surface area contributed by atoms with E-state index in [1.165, 1.54) is 0 Å². The Balaban J connectivity index is 3.80. The lowest BCUT2D eigenvalue weighted by molar-refractivity contribution is -0.145. The smallest absolute Gasteiger partial charge is 0.418 e. The molecular formula is C9H14N2O8S. The van der Waals surface area contributed by atoms with E-state index < -0.39 is 36.5 Å². The lowest BCUT2D eigenvalue weighted by atomic mass is 10.2. The van der Waals surface area contributed by atoms with Crippen molar-refractivity contribution in [2.24, 2.45) is 0 Å². The molecule has 0 saturated carbocycles. The highest BCUT2D eigenvalue weighted by atomic mass is 32.2. The molecule has 0 bridgehead atoms. The predicted molar refractivity (Wildman–Crippen MR) is 65.8 cm³/mol. The van der Waals surface area contributed by atoms with Gasteiger partial charge >= 0.3 is 24.0 Å². The molecule has 0 aliphatic heterocycles. The molecule has 0 saturated heterocycles. The Hall–Kier alpha value is -2.01. The predicted octanol–water partition coefficient (Wildman–Crippen LogP) is -0.342. The number of amides is 1. The molecule has 10 nitrogen and oxygen atoms in total. The SMILES string of the molecule is O=C(O)CCCOC(=O)NSNC(CC(=O)O)C(=O)O. The summed E-state index contributed by atoms with van der Waals surface area (Å²) in [6.07, 6.45) is -1.54. The molecule has 0 aliphatic rings. The highest BCUT2D eigenvalue weighted by molar-refractivity contribution is 7.96. The number of carbonyl (C=O) groups is 4. The van der Waals surface area contributed by atoms with Gasteiger partial charge in [-0.3, -0.25) is 19.1 Å². The molecule has 0 rings (SSSR count). The van der Waals surface area contributed by atoms with Crippen LogP contribution in [0.2, 0.25) is 0 Å². The van der Waals surface area contributed by atoms with Gasteiger partial charge in [-0.2, -0.15) is 0 Å². The van der Waals surface area contributed by atoms with Crippen LogP contribution in [-0.2, 0) is 19.1 Å². The van der Waals surface area contributed by atoms with Crippen molar-refractivity contribution in [1.29, 1.82) is 0 Å². The first-order chi connectivity index (χ1) is 9.32. The van der Waals surface area contributed by atoms with E-state index >= 15 is 0 Å². The van der Waals surface area contributed by atoms with Gasteiger partial charge in [-0.05, 0) is 6.42 Å². The maximum absolute atomic E-state index is 11.1. The summed E-state index contributed by atoms with van der Waals surface area (Å²) in [6, 6.07) is -1.37. The van der Waals surface area contributed by atoms with Gasteiger partial charge in [-0.25, -0.2) is 9.52 Å². The normalized spacial score (nSPS) is 11.4. The van der Waals surface area contributed by atoms with Crippen molar-refractivity contribution in [3.63, 3.8) is 0 Å². The maximum Gasteiger partial charge on any atom is 0.418 e. The Bertz CT molecular complexity index is 375. The monoisotopic (exact) mass is 310 g/mol. The molecule has 0 spiro atoms. The summed E-state index contributed by atoms with van der Waals surface area (Å²) >= 11 is 0.469. The Morgan fingerprint density at radius 3 is 2.25 bits per heavy atom. The molecule has 11 heteroatoms. The molecule has 0 fully saturated rings. The van der Waals surface area contributed by atoms with Crippen molar-refractivity contribution in [2.45, 2.75) is 25.3 Å². The summed E-state index contributed by atoms with van der Waals surface area (Å²) in [6.45, 7) is -0.101. The Kier molecular flexibility index (Phi) is 8.87. The molecule has 0 aromatic rings. The van der Waals surface area contributed by atoms with Crippen molar-refractivity contribution in [3.05, 3.63) is 0 Å². The third-order valence-corrected chi connectivity index (χ3v) is 2.45. The maximum atomic E-state index is 11.1. The first-order valence-corrected chi connectivity index (χ1v) is 6.15. The number of hydrogen-bond acceptors (Lipinski definition) is 7. The van der Waals surface area contributed by atoms with Gasteiger partial charge in [0.15, 0.2) is 0 Å². The van der Waals surface area contributed by atoms with Gasteiger partial charge in [0.2, 0.25) is 0 Å². The van der Waals surface area contributed by atoms with Gasteiger partial charge in [0.25, 0.3) is 0 Å². The number of carboxylic acids is 3. The number of hydrogen-bond donors (Lipinski definition) is 5. The van der Waals surface area contributed by atoms with E-state index in [2.05, 4.69) is 14.2 Å². The van der Waals surface area contributed by atoms with Gasteiger partial charge in [0.05, 0.1) is 13.0 Å². The van der Waals surface area contributed by atoms with Crippen molar-refractivity contribution in [3.8, 4) is 0 Å². The molecule has 0 aliphatic carbocycles. The highest BCUT2D eigenvalue weighted by Crippen LogP contribution is 1.99. The fourth-order valence-electron chi connectivity index (χ4n) is 0.914. The summed E-state index contributed by atoms with van der Waals surface area (Å²) < 4.78 is 8.87. The summed E-state index contributed by atoms with van der Waals surface area (Å²) in [5.41, 5.74) is 0. The summed E-state index contributed by atoms with van der Waals surface area (Å²) in [7, 11) is 0. The van der Waals surface area contributed by atoms with Gasteiger partial charge in [-0.1, -0.05) is 0 Å². The average Bonchev–Trinajstić information content (AvgIpc) is 2.32. The number of carbonyl (C=O) groups excluding carboxylic acids is 1. The van der Waals surface area contributed by atoms with Crippen LogP contribution in [0.25, 0.3) is 0 Å². The van der Waals surface area contributed by atoms with Crippen LogP contribution in [0.5, 0.6) is 0 Å². The molecule has 1 amide bonds. The number of ether oxygens (including phenoxy) is 1. The largest absolute Gasteiger partial charge is 0.481 e. The highest BCUT2D eigenvalue weighted by Gasteiger charge is 2.21. The van der Waals surface area contributed by atoms with Crippen LogP contribution < -0.4 is 9.44 Å². The first-order valence-electron chi connectivity index (χ1n) is 5.33. The Morgan fingerprint density at radius 1 is 1.10 bits per heavy atom. The third kappa shape index (κ3) is 9.96. The van der Waals surface area contributed by atoms with Gasteiger partial charge in [0, 0.05) is 18.6 Å². The van der Waals surface area contributed by atoms with Crippen LogP contribution in [0.3, 0.4) is 0 Å². The minimum absolute atomic E-state index is 0.101. The number of rotatable bonds is 10. The van der Waals surface area contributed by atoms with Crippen molar-refractivity contribution in [1.82, 2.24) is 9.44 Å². The van der Waals surface area contributed by atoms with Crippen LogP contribution in [0, 0.1) is 0 Å². The van der Waals surface area contributed by atoms with E-state index in [0.29, 0.717) is 12.1 Å². The number of nitrogens with one attached hydrogen (secondary N) is 2. The molecule has 20 heavy (non-hydrogen) atoms. The van der Waals surface area contributed by atoms with E-state index in [0.717, 1.165) is 0 Å². The minimum atomic E-state index is -1.38. The molecule has 0 aromatic heterocycles. The topological polar surface area (TPSA) is 162 Å². The van der Waals surface area contributed by atoms with Gasteiger partial charge < -0.3 is 20.1 Å². The van der Waals surface area contributed by atoms with Gasteiger partial charge in [-0.15, -0.1) is 0 Å². The standard InChI is InChI=1S/C9H14N2O8S/c12-6(13)2-1-3-19-9(18)11-20-10-5(8(16)17)4-7(14)15/h5,10H,1-4H2,(H,11,18)(H,12,13)(H,14,15)(H,16,17). The van der Waals surface area contributed by atoms with Crippen molar-refractivity contribution >= 4 is 36.1 Å². The van der Waals surface area contributed by atoms with E-state index in [4.69, 9.17) is 15.3 Å². The molecule has 5 N–H and O–H groups in total. The molecule has 114 valence electrons. The second-order valence-electron chi connectivity index (χ2n) is 3.44. The van der Waals surface area contributed by atoms with Crippen LogP contribution in [0.4, 0.5) is 4.79 Å². The molecular weight excluding hydrogens is 296 g/mol. The lowest BCUT2D eigenvalue weighted by Gasteiger charge is -2.11. The number of carboxylic acid groups (broad SMARTS) is 3. The van der Waals surface area contributed by atoms with E-state index in [1.807, 2.05) is 0 Å². The Morgan fingerprint density at radius 2 is 1.75 bits per heavy atom. The van der Waals surface area contributed by atoms with Crippen LogP contribution in [0.15, 0.2) is 0 Å². The quantitative estimate of drug-likeness (QED) is 0.266. The third-order valence-electron chi connectivity index (χ3n) is 1.78. The number of aliphatic carboxylic acids is 3. The molecule has 0 radical (unpaired) electrons. The summed E-state index contributed by atoms with van der Waals surface area (Å²) in [4.78, 5) is 42.2. The molecule has 0 aromatic carbocycles. The van der Waals surface area contributed by atoms with Crippen molar-refractivity contribution in [2.75, 3.05) is 6.61 Å². The molecule has 1 atom stereocenters. The van der Waals surface area contributed by atoms with Crippen LogP contribution >= 0.6 is 12.1 Å². The average molecular weight is 310 g/mol.